The Labute approximate surface area is 182 Å². The van der Waals surface area contributed by atoms with Gasteiger partial charge in [0.25, 0.3) is 0 Å². The maximum absolute atomic E-state index is 13.6. The molecule has 0 N–H and O–H groups in total. The number of hydrogen-bond acceptors (Lipinski definition) is 6. The number of alkyl halides is 1. The van der Waals surface area contributed by atoms with Gasteiger partial charge in [0.2, 0.25) is 5.91 Å². The van der Waals surface area contributed by atoms with Crippen LogP contribution < -0.4 is 9.64 Å². The molecule has 164 valence electrons. The van der Waals surface area contributed by atoms with Gasteiger partial charge < -0.3 is 14.5 Å². The number of anilines is 1. The predicted molar refractivity (Wildman–Crippen MR) is 117 cm³/mol. The molecule has 2 atom stereocenters. The standard InChI is InChI=1S/C23H28FN5O2/c1-27(20-10-16-4-3-5-21(31-2)23(16)26-13-20)18-6-8-28(9-7-18)15-22(30)29-14-17(24)11-19(29)12-25/h3-5,10,13,17-19H,6-9,11,14-15H2,1-2H3/t17-,19?/m0/s1. The number of pyridine rings is 1. The molecular formula is C23H28FN5O2. The summed E-state index contributed by atoms with van der Waals surface area (Å²) >= 11 is 0. The second kappa shape index (κ2) is 9.06. The van der Waals surface area contributed by atoms with Crippen LogP contribution in [0.1, 0.15) is 19.3 Å². The normalized spacial score (nSPS) is 22.5. The third-order valence-corrected chi connectivity index (χ3v) is 6.47. The molecular weight excluding hydrogens is 397 g/mol. The molecule has 2 aromatic rings. The first-order valence-corrected chi connectivity index (χ1v) is 10.7. The van der Waals surface area contributed by atoms with E-state index in [0.29, 0.717) is 6.04 Å². The molecule has 2 fully saturated rings. The van der Waals surface area contributed by atoms with Crippen LogP contribution in [0, 0.1) is 11.3 Å². The minimum atomic E-state index is -1.09. The van der Waals surface area contributed by atoms with E-state index < -0.39 is 12.2 Å². The van der Waals surface area contributed by atoms with Gasteiger partial charge in [0.15, 0.2) is 0 Å². The molecule has 2 saturated heterocycles. The van der Waals surface area contributed by atoms with Gasteiger partial charge in [-0.1, -0.05) is 12.1 Å². The largest absolute Gasteiger partial charge is 0.494 e. The Hall–Kier alpha value is -2.92. The zero-order chi connectivity index (χ0) is 22.0. The first-order chi connectivity index (χ1) is 15.0. The van der Waals surface area contributed by atoms with E-state index in [0.717, 1.165) is 48.3 Å². The summed E-state index contributed by atoms with van der Waals surface area (Å²) in [7, 11) is 3.73. The van der Waals surface area contributed by atoms with E-state index in [2.05, 4.69) is 27.9 Å². The number of nitrogens with zero attached hydrogens (tertiary/aromatic N) is 5. The van der Waals surface area contributed by atoms with Crippen molar-refractivity contribution in [2.75, 3.05) is 45.2 Å². The quantitative estimate of drug-likeness (QED) is 0.733. The van der Waals surface area contributed by atoms with Crippen molar-refractivity contribution in [3.05, 3.63) is 30.5 Å². The summed E-state index contributed by atoms with van der Waals surface area (Å²) in [6, 6.07) is 9.80. The van der Waals surface area contributed by atoms with E-state index >= 15 is 0 Å². The van der Waals surface area contributed by atoms with Gasteiger partial charge in [-0.3, -0.25) is 14.7 Å². The first kappa shape index (κ1) is 21.3. The Balaban J connectivity index is 1.35. The lowest BCUT2D eigenvalue weighted by Crippen LogP contribution is -2.48. The van der Waals surface area contributed by atoms with Crippen molar-refractivity contribution in [3.63, 3.8) is 0 Å². The summed E-state index contributed by atoms with van der Waals surface area (Å²) in [6.07, 6.45) is 2.76. The highest BCUT2D eigenvalue weighted by Gasteiger charge is 2.36. The lowest BCUT2D eigenvalue weighted by atomic mass is 10.0. The first-order valence-electron chi connectivity index (χ1n) is 10.7. The molecule has 1 aromatic carbocycles. The number of rotatable bonds is 5. The van der Waals surface area contributed by atoms with Crippen LogP contribution in [0.15, 0.2) is 30.5 Å². The molecule has 2 aliphatic heterocycles. The number of carbonyl (C=O) groups excluding carboxylic acids is 1. The van der Waals surface area contributed by atoms with Crippen LogP contribution in [0.2, 0.25) is 0 Å². The van der Waals surface area contributed by atoms with E-state index in [4.69, 9.17) is 10.00 Å². The molecule has 3 heterocycles. The number of para-hydroxylation sites is 1. The Bertz CT molecular complexity index is 986. The highest BCUT2D eigenvalue weighted by atomic mass is 19.1. The number of aromatic nitrogens is 1. The minimum Gasteiger partial charge on any atom is -0.494 e. The highest BCUT2D eigenvalue weighted by Crippen LogP contribution is 2.29. The van der Waals surface area contributed by atoms with Crippen molar-refractivity contribution in [2.24, 2.45) is 0 Å². The van der Waals surface area contributed by atoms with Gasteiger partial charge in [-0.25, -0.2) is 4.39 Å². The Morgan fingerprint density at radius 1 is 1.39 bits per heavy atom. The van der Waals surface area contributed by atoms with E-state index in [1.165, 1.54) is 4.90 Å². The molecule has 1 amide bonds. The molecule has 0 radical (unpaired) electrons. The van der Waals surface area contributed by atoms with E-state index in [-0.39, 0.29) is 25.4 Å². The number of halogens is 1. The number of hydrogen-bond donors (Lipinski definition) is 0. The number of fused-ring (bicyclic) bond motifs is 1. The summed E-state index contributed by atoms with van der Waals surface area (Å²) in [6.45, 7) is 1.87. The van der Waals surface area contributed by atoms with Crippen molar-refractivity contribution >= 4 is 22.5 Å². The fourth-order valence-corrected chi connectivity index (χ4v) is 4.62. The molecule has 2 aliphatic rings. The van der Waals surface area contributed by atoms with Crippen LogP contribution in [0.5, 0.6) is 5.75 Å². The van der Waals surface area contributed by atoms with Crippen LogP contribution in [0.3, 0.4) is 0 Å². The summed E-state index contributed by atoms with van der Waals surface area (Å²) in [5.41, 5.74) is 1.90. The van der Waals surface area contributed by atoms with Crippen molar-refractivity contribution in [1.29, 1.82) is 5.26 Å². The van der Waals surface area contributed by atoms with Crippen LogP contribution in [0.25, 0.3) is 10.9 Å². The second-order valence-electron chi connectivity index (χ2n) is 8.37. The summed E-state index contributed by atoms with van der Waals surface area (Å²) in [5, 5.41) is 10.2. The summed E-state index contributed by atoms with van der Waals surface area (Å²) in [4.78, 5) is 22.9. The maximum Gasteiger partial charge on any atom is 0.237 e. The molecule has 1 unspecified atom stereocenters. The molecule has 8 heteroatoms. The molecule has 0 saturated carbocycles. The van der Waals surface area contributed by atoms with Crippen molar-refractivity contribution in [2.45, 2.75) is 37.5 Å². The number of methoxy groups -OCH3 is 1. The number of ether oxygens (including phenoxy) is 1. The van der Waals surface area contributed by atoms with Crippen LogP contribution in [-0.2, 0) is 4.79 Å². The average Bonchev–Trinajstić information content (AvgIpc) is 3.19. The summed E-state index contributed by atoms with van der Waals surface area (Å²) < 4.78 is 19.0. The van der Waals surface area contributed by atoms with Gasteiger partial charge in [-0.15, -0.1) is 0 Å². The number of nitriles is 1. The number of amides is 1. The van der Waals surface area contributed by atoms with Crippen LogP contribution >= 0.6 is 0 Å². The number of benzene rings is 1. The zero-order valence-electron chi connectivity index (χ0n) is 18.0. The highest BCUT2D eigenvalue weighted by molar-refractivity contribution is 5.87. The van der Waals surface area contributed by atoms with Crippen LogP contribution in [-0.4, -0.2) is 79.3 Å². The SMILES string of the molecule is COc1cccc2cc(N(C)C3CCN(CC(=O)N4C[C@@H](F)CC4C#N)CC3)cnc12. The van der Waals surface area contributed by atoms with Crippen LogP contribution in [0.4, 0.5) is 10.1 Å². The van der Waals surface area contributed by atoms with Gasteiger partial charge in [0.05, 0.1) is 38.2 Å². The average molecular weight is 426 g/mol. The maximum atomic E-state index is 13.6. The van der Waals surface area contributed by atoms with E-state index in [1.807, 2.05) is 30.5 Å². The third-order valence-electron chi connectivity index (χ3n) is 6.47. The van der Waals surface area contributed by atoms with E-state index in [9.17, 15) is 9.18 Å². The molecule has 31 heavy (non-hydrogen) atoms. The molecule has 7 nitrogen and oxygen atoms in total. The Kier molecular flexibility index (Phi) is 6.23. The second-order valence-corrected chi connectivity index (χ2v) is 8.37. The fraction of sp³-hybridized carbons (Fsp3) is 0.522. The van der Waals surface area contributed by atoms with Crippen molar-refractivity contribution in [1.82, 2.24) is 14.8 Å². The van der Waals surface area contributed by atoms with Gasteiger partial charge in [-0.2, -0.15) is 5.26 Å². The zero-order valence-corrected chi connectivity index (χ0v) is 18.0. The molecule has 0 bridgehead atoms. The molecule has 4 rings (SSSR count). The van der Waals surface area contributed by atoms with Gasteiger partial charge in [-0.05, 0) is 25.0 Å². The van der Waals surface area contributed by atoms with Gasteiger partial charge >= 0.3 is 0 Å². The lowest BCUT2D eigenvalue weighted by molar-refractivity contribution is -0.132. The predicted octanol–water partition coefficient (Wildman–Crippen LogP) is 2.61. The monoisotopic (exact) mass is 425 g/mol. The minimum absolute atomic E-state index is 0.0377. The molecule has 0 spiro atoms. The fourth-order valence-electron chi connectivity index (χ4n) is 4.62. The molecule has 0 aliphatic carbocycles. The smallest absolute Gasteiger partial charge is 0.237 e. The van der Waals surface area contributed by atoms with Gasteiger partial charge in [0.1, 0.15) is 23.5 Å². The van der Waals surface area contributed by atoms with E-state index in [1.54, 1.807) is 7.11 Å². The lowest BCUT2D eigenvalue weighted by Gasteiger charge is -2.38. The molecule has 1 aromatic heterocycles. The van der Waals surface area contributed by atoms with Gasteiger partial charge in [0, 0.05) is 38.0 Å². The number of piperidine rings is 1. The topological polar surface area (TPSA) is 72.7 Å². The third kappa shape index (κ3) is 4.42. The Morgan fingerprint density at radius 3 is 2.87 bits per heavy atom. The number of carbonyl (C=O) groups is 1. The number of likely N-dealkylation sites (tertiary alicyclic amines) is 2. The van der Waals surface area contributed by atoms with Crippen molar-refractivity contribution in [3.8, 4) is 11.8 Å². The van der Waals surface area contributed by atoms with Crippen molar-refractivity contribution < 1.29 is 13.9 Å². The Morgan fingerprint density at radius 2 is 2.16 bits per heavy atom. The summed E-state index contributed by atoms with van der Waals surface area (Å²) in [5.74, 6) is 0.617.